The maximum Gasteiger partial charge on any atom is 0.126 e. The van der Waals surface area contributed by atoms with Crippen molar-refractivity contribution in [2.45, 2.75) is 90.9 Å². The van der Waals surface area contributed by atoms with Crippen LogP contribution >= 0.6 is 0 Å². The van der Waals surface area contributed by atoms with Crippen LogP contribution in [0.3, 0.4) is 0 Å². The van der Waals surface area contributed by atoms with Gasteiger partial charge in [0.1, 0.15) is 11.5 Å². The van der Waals surface area contributed by atoms with Crippen LogP contribution < -0.4 is 9.47 Å². The maximum atomic E-state index is 6.06. The van der Waals surface area contributed by atoms with Gasteiger partial charge in [-0.05, 0) is 37.8 Å². The lowest BCUT2D eigenvalue weighted by Gasteiger charge is -2.16. The maximum absolute atomic E-state index is 6.06. The molecular weight excluding hydrogens is 308 g/mol. The molecule has 1 aromatic carbocycles. The van der Waals surface area contributed by atoms with Gasteiger partial charge < -0.3 is 9.47 Å². The molecule has 0 N–H and O–H groups in total. The van der Waals surface area contributed by atoms with Gasteiger partial charge in [0.2, 0.25) is 0 Å². The fourth-order valence-corrected chi connectivity index (χ4v) is 3.01. The molecule has 0 spiro atoms. The van der Waals surface area contributed by atoms with Crippen molar-refractivity contribution in [2.24, 2.45) is 0 Å². The lowest BCUT2D eigenvalue weighted by Crippen LogP contribution is -2.04. The van der Waals surface area contributed by atoms with Crippen molar-refractivity contribution in [3.05, 3.63) is 30.7 Å². The molecule has 1 aromatic rings. The summed E-state index contributed by atoms with van der Waals surface area (Å²) in [6.07, 6.45) is 14.4. The van der Waals surface area contributed by atoms with Gasteiger partial charge in [-0.2, -0.15) is 0 Å². The molecule has 0 aromatic heterocycles. The first-order valence-corrected chi connectivity index (χ1v) is 10.5. The molecule has 0 aliphatic heterocycles. The third-order valence-electron chi connectivity index (χ3n) is 4.53. The van der Waals surface area contributed by atoms with Gasteiger partial charge in [-0.15, -0.1) is 0 Å². The smallest absolute Gasteiger partial charge is 0.126 e. The Morgan fingerprint density at radius 3 is 1.64 bits per heavy atom. The molecule has 2 nitrogen and oxygen atoms in total. The largest absolute Gasteiger partial charge is 0.493 e. The molecule has 2 heteroatoms. The Hall–Kier alpha value is -1.18. The van der Waals surface area contributed by atoms with Crippen LogP contribution in [0.5, 0.6) is 11.5 Å². The highest BCUT2D eigenvalue weighted by molar-refractivity contribution is 5.45. The molecule has 0 amide bonds. The van der Waals surface area contributed by atoms with Crippen molar-refractivity contribution in [3.63, 3.8) is 0 Å². The predicted molar refractivity (Wildman–Crippen MR) is 109 cm³/mol. The molecular formula is C23H39O2. The Balaban J connectivity index is 2.45. The molecule has 143 valence electrons. The van der Waals surface area contributed by atoms with E-state index < -0.39 is 0 Å². The van der Waals surface area contributed by atoms with Crippen molar-refractivity contribution in [1.82, 2.24) is 0 Å². The standard InChI is InChI=1S/C23H39O2/c1-4-7-9-11-13-19-24-22-17-15-18-23(21(22)16-6-3)25-20-14-12-10-8-5-2/h15,17-18H,3-14,16,19-20H2,1-2H3. The lowest BCUT2D eigenvalue weighted by molar-refractivity contribution is 0.284. The Morgan fingerprint density at radius 1 is 0.720 bits per heavy atom. The summed E-state index contributed by atoms with van der Waals surface area (Å²) in [5.41, 5.74) is 1.19. The number of unbranched alkanes of at least 4 members (excludes halogenated alkanes) is 8. The first-order chi connectivity index (χ1) is 12.3. The van der Waals surface area contributed by atoms with Gasteiger partial charge in [-0.3, -0.25) is 0 Å². The van der Waals surface area contributed by atoms with E-state index in [4.69, 9.17) is 9.47 Å². The van der Waals surface area contributed by atoms with Crippen LogP contribution in [0.15, 0.2) is 18.2 Å². The highest BCUT2D eigenvalue weighted by atomic mass is 16.5. The summed E-state index contributed by atoms with van der Waals surface area (Å²) in [5, 5.41) is 0. The summed E-state index contributed by atoms with van der Waals surface area (Å²) in [6, 6.07) is 6.20. The highest BCUT2D eigenvalue weighted by Crippen LogP contribution is 2.30. The minimum absolute atomic E-state index is 0.800. The average Bonchev–Trinajstić information content (AvgIpc) is 2.63. The van der Waals surface area contributed by atoms with E-state index in [1.165, 1.54) is 56.9 Å². The molecule has 0 heterocycles. The van der Waals surface area contributed by atoms with E-state index in [0.29, 0.717) is 0 Å². The summed E-state index contributed by atoms with van der Waals surface area (Å²) in [5.74, 6) is 1.98. The molecule has 0 saturated carbocycles. The Kier molecular flexibility index (Phi) is 13.2. The molecule has 0 aliphatic carbocycles. The zero-order chi connectivity index (χ0) is 18.2. The van der Waals surface area contributed by atoms with Crippen molar-refractivity contribution in [3.8, 4) is 11.5 Å². The van der Waals surface area contributed by atoms with Crippen molar-refractivity contribution in [1.29, 1.82) is 0 Å². The monoisotopic (exact) mass is 347 g/mol. The second-order valence-corrected chi connectivity index (χ2v) is 6.86. The Bertz CT molecular complexity index is 394. The molecule has 25 heavy (non-hydrogen) atoms. The van der Waals surface area contributed by atoms with Gasteiger partial charge in [-0.25, -0.2) is 0 Å². The van der Waals surface area contributed by atoms with E-state index in [0.717, 1.165) is 50.4 Å². The van der Waals surface area contributed by atoms with Crippen molar-refractivity contribution < 1.29 is 9.47 Å². The van der Waals surface area contributed by atoms with E-state index in [2.05, 4.69) is 32.9 Å². The van der Waals surface area contributed by atoms with Gasteiger partial charge in [0.05, 0.1) is 13.2 Å². The van der Waals surface area contributed by atoms with Crippen LogP contribution in [0.4, 0.5) is 0 Å². The molecule has 1 radical (unpaired) electrons. The number of hydrogen-bond donors (Lipinski definition) is 0. The molecule has 0 aliphatic rings. The van der Waals surface area contributed by atoms with E-state index >= 15 is 0 Å². The van der Waals surface area contributed by atoms with Gasteiger partial charge >= 0.3 is 0 Å². The van der Waals surface area contributed by atoms with Crippen LogP contribution in [0, 0.1) is 6.92 Å². The van der Waals surface area contributed by atoms with Crippen LogP contribution in [0.1, 0.15) is 90.0 Å². The minimum atomic E-state index is 0.800. The third-order valence-corrected chi connectivity index (χ3v) is 4.53. The van der Waals surface area contributed by atoms with Gasteiger partial charge in [0.15, 0.2) is 0 Å². The summed E-state index contributed by atoms with van der Waals surface area (Å²) in [7, 11) is 0. The first kappa shape index (κ1) is 21.9. The predicted octanol–water partition coefficient (Wildman–Crippen LogP) is 7.15. The number of ether oxygens (including phenoxy) is 2. The van der Waals surface area contributed by atoms with Gasteiger partial charge in [-0.1, -0.05) is 78.2 Å². The third kappa shape index (κ3) is 9.77. The fourth-order valence-electron chi connectivity index (χ4n) is 3.01. The normalized spacial score (nSPS) is 10.8. The number of rotatable bonds is 16. The summed E-state index contributed by atoms with van der Waals surface area (Å²) in [4.78, 5) is 0. The van der Waals surface area contributed by atoms with Gasteiger partial charge in [0.25, 0.3) is 0 Å². The molecule has 0 atom stereocenters. The molecule has 0 saturated heterocycles. The van der Waals surface area contributed by atoms with Crippen LogP contribution in [-0.2, 0) is 6.42 Å². The quantitative estimate of drug-likeness (QED) is 0.295. The second kappa shape index (κ2) is 15.1. The zero-order valence-electron chi connectivity index (χ0n) is 16.7. The van der Waals surface area contributed by atoms with Gasteiger partial charge in [0, 0.05) is 5.56 Å². The summed E-state index contributed by atoms with van der Waals surface area (Å²) in [6.45, 7) is 10.1. The Labute approximate surface area is 156 Å². The number of hydrogen-bond acceptors (Lipinski definition) is 2. The Morgan fingerprint density at radius 2 is 1.20 bits per heavy atom. The van der Waals surface area contributed by atoms with Crippen molar-refractivity contribution >= 4 is 0 Å². The fraction of sp³-hybridized carbons (Fsp3) is 0.696. The van der Waals surface area contributed by atoms with E-state index in [1.54, 1.807) is 0 Å². The lowest BCUT2D eigenvalue weighted by atomic mass is 10.1. The van der Waals surface area contributed by atoms with E-state index in [1.807, 2.05) is 6.07 Å². The topological polar surface area (TPSA) is 18.5 Å². The average molecular weight is 348 g/mol. The summed E-state index contributed by atoms with van der Waals surface area (Å²) < 4.78 is 12.1. The highest BCUT2D eigenvalue weighted by Gasteiger charge is 2.10. The SMILES string of the molecule is [CH2]CCc1c(OCCCCCCC)cccc1OCCCCCCC. The number of benzene rings is 1. The summed E-state index contributed by atoms with van der Waals surface area (Å²) >= 11 is 0. The molecule has 0 unspecified atom stereocenters. The van der Waals surface area contributed by atoms with Crippen LogP contribution in [0.2, 0.25) is 0 Å². The molecule has 0 fully saturated rings. The zero-order valence-corrected chi connectivity index (χ0v) is 16.7. The second-order valence-electron chi connectivity index (χ2n) is 6.86. The van der Waals surface area contributed by atoms with E-state index in [-0.39, 0.29) is 0 Å². The van der Waals surface area contributed by atoms with Crippen LogP contribution in [0.25, 0.3) is 0 Å². The van der Waals surface area contributed by atoms with Crippen molar-refractivity contribution in [2.75, 3.05) is 13.2 Å². The van der Waals surface area contributed by atoms with E-state index in [9.17, 15) is 0 Å². The van der Waals surface area contributed by atoms with Crippen LogP contribution in [-0.4, -0.2) is 13.2 Å². The molecule has 0 bridgehead atoms. The molecule has 1 rings (SSSR count). The first-order valence-electron chi connectivity index (χ1n) is 10.5. The minimum Gasteiger partial charge on any atom is -0.493 e.